The van der Waals surface area contributed by atoms with Crippen molar-refractivity contribution in [2.75, 3.05) is 6.79 Å². The Labute approximate surface area is 106 Å². The molecule has 6 nitrogen and oxygen atoms in total. The van der Waals surface area contributed by atoms with Crippen molar-refractivity contribution < 1.29 is 39.8 Å². The van der Waals surface area contributed by atoms with Gasteiger partial charge in [-0.3, -0.25) is 0 Å². The van der Waals surface area contributed by atoms with Gasteiger partial charge in [-0.2, -0.15) is 21.6 Å². The molecule has 0 bridgehead atoms. The summed E-state index contributed by atoms with van der Waals surface area (Å²) in [6, 6.07) is 3.38. The fraction of sp³-hybridized carbons (Fsp3) is 0.250. The van der Waals surface area contributed by atoms with Crippen molar-refractivity contribution in [1.29, 1.82) is 0 Å². The molecule has 0 aliphatic heterocycles. The summed E-state index contributed by atoms with van der Waals surface area (Å²) in [5.41, 5.74) is -1.40. The Kier molecular flexibility index (Phi) is 4.99. The zero-order valence-corrected chi connectivity index (χ0v) is 10.7. The Morgan fingerprint density at radius 3 is 2.37 bits per heavy atom. The zero-order valence-electron chi connectivity index (χ0n) is 8.99. The molecule has 0 aromatic heterocycles. The number of halogens is 3. The minimum absolute atomic E-state index is 0.573. The van der Waals surface area contributed by atoms with Crippen LogP contribution in [0, 0.1) is 0 Å². The van der Waals surface area contributed by atoms with Crippen molar-refractivity contribution in [2.45, 2.75) is 11.1 Å². The molecule has 0 aliphatic rings. The van der Waals surface area contributed by atoms with Crippen LogP contribution >= 0.6 is 8.25 Å². The van der Waals surface area contributed by atoms with Gasteiger partial charge >= 0.3 is 14.4 Å². The van der Waals surface area contributed by atoms with Crippen molar-refractivity contribution in [1.82, 2.24) is 0 Å². The molecule has 1 aromatic carbocycles. The number of rotatable bonds is 5. The van der Waals surface area contributed by atoms with Gasteiger partial charge in [-0.1, -0.05) is 16.7 Å². The van der Waals surface area contributed by atoms with E-state index in [2.05, 4.69) is 8.71 Å². The molecule has 0 amide bonds. The molecule has 11 heteroatoms. The molecular formula is C8H7F3O6PS+. The molecule has 0 fully saturated rings. The number of hydrogen-bond acceptors (Lipinski definition) is 5. The highest BCUT2D eigenvalue weighted by molar-refractivity contribution is 7.86. The Hall–Kier alpha value is -1.06. The Morgan fingerprint density at radius 1 is 1.26 bits per heavy atom. The van der Waals surface area contributed by atoms with Crippen LogP contribution in [0.1, 0.15) is 5.56 Å². The van der Waals surface area contributed by atoms with Gasteiger partial charge in [0, 0.05) is 4.57 Å². The number of alkyl halides is 3. The topological polar surface area (TPSA) is 89.9 Å². The lowest BCUT2D eigenvalue weighted by Gasteiger charge is -2.11. The first-order valence-corrected chi connectivity index (χ1v) is 7.03. The van der Waals surface area contributed by atoms with Crippen LogP contribution in [-0.4, -0.2) is 20.1 Å². The largest absolute Gasteiger partial charge is 0.697 e. The first-order chi connectivity index (χ1) is 8.64. The van der Waals surface area contributed by atoms with E-state index in [1.807, 2.05) is 0 Å². The molecular weight excluding hydrogens is 312 g/mol. The molecule has 0 heterocycles. The summed E-state index contributed by atoms with van der Waals surface area (Å²) in [5.74, 6) is 0. The molecule has 0 radical (unpaired) electrons. The smallest absolute Gasteiger partial charge is 0.232 e. The lowest BCUT2D eigenvalue weighted by atomic mass is 10.2. The molecule has 0 saturated carbocycles. The zero-order chi connectivity index (χ0) is 14.7. The predicted octanol–water partition coefficient (Wildman–Crippen LogP) is 2.03. The van der Waals surface area contributed by atoms with Crippen LogP contribution in [0.15, 0.2) is 29.2 Å². The molecule has 0 spiro atoms. The summed E-state index contributed by atoms with van der Waals surface area (Å²) in [4.78, 5) is 7.14. The fourth-order valence-electron chi connectivity index (χ4n) is 1.11. The van der Waals surface area contributed by atoms with Gasteiger partial charge in [-0.05, 0) is 12.1 Å². The normalized spacial score (nSPS) is 13.4. The van der Waals surface area contributed by atoms with Crippen molar-refractivity contribution >= 4 is 18.4 Å². The molecule has 1 atom stereocenters. The highest BCUT2D eigenvalue weighted by Gasteiger charge is 2.37. The minimum atomic E-state index is -4.88. The summed E-state index contributed by atoms with van der Waals surface area (Å²) in [6.07, 6.45) is -4.88. The maximum Gasteiger partial charge on any atom is 0.697 e. The van der Waals surface area contributed by atoms with Crippen molar-refractivity contribution in [3.8, 4) is 0 Å². The predicted molar refractivity (Wildman–Crippen MR) is 55.5 cm³/mol. The molecule has 1 rings (SSSR count). The monoisotopic (exact) mass is 319 g/mol. The standard InChI is InChI=1S/C8H6F3O6PS/c9-8(10,11)6-3-1-2-4-7(6)19(14,15)17-5-16-18(12)13/h1-4H,5H2/p+1. The first kappa shape index (κ1) is 16.0. The summed E-state index contributed by atoms with van der Waals surface area (Å²) < 4.78 is 78.9. The molecule has 1 unspecified atom stereocenters. The molecule has 106 valence electrons. The lowest BCUT2D eigenvalue weighted by Crippen LogP contribution is -2.15. The third-order valence-electron chi connectivity index (χ3n) is 1.83. The minimum Gasteiger partial charge on any atom is -0.232 e. The highest BCUT2D eigenvalue weighted by atomic mass is 32.2. The van der Waals surface area contributed by atoms with E-state index in [-0.39, 0.29) is 0 Å². The number of benzene rings is 1. The van der Waals surface area contributed by atoms with Crippen molar-refractivity contribution in [3.63, 3.8) is 0 Å². The summed E-state index contributed by atoms with van der Waals surface area (Å²) in [5, 5.41) is 0. The number of hydrogen-bond donors (Lipinski definition) is 1. The second-order valence-electron chi connectivity index (χ2n) is 3.05. The third-order valence-corrected chi connectivity index (χ3v) is 3.46. The van der Waals surface area contributed by atoms with E-state index < -0.39 is 41.8 Å². The van der Waals surface area contributed by atoms with Gasteiger partial charge in [-0.15, -0.1) is 4.89 Å². The molecule has 0 saturated heterocycles. The van der Waals surface area contributed by atoms with Crippen LogP contribution in [0.4, 0.5) is 13.2 Å². The van der Waals surface area contributed by atoms with Gasteiger partial charge in [0.25, 0.3) is 10.1 Å². The first-order valence-electron chi connectivity index (χ1n) is 4.49. The molecule has 0 aliphatic carbocycles. The van der Waals surface area contributed by atoms with E-state index in [4.69, 9.17) is 4.89 Å². The van der Waals surface area contributed by atoms with E-state index in [0.717, 1.165) is 12.1 Å². The Balaban J connectivity index is 3.05. The quantitative estimate of drug-likeness (QED) is 0.507. The fourth-order valence-corrected chi connectivity index (χ4v) is 2.33. The van der Waals surface area contributed by atoms with E-state index in [1.165, 1.54) is 0 Å². The van der Waals surface area contributed by atoms with Crippen molar-refractivity contribution in [2.24, 2.45) is 0 Å². The van der Waals surface area contributed by atoms with E-state index in [9.17, 15) is 26.2 Å². The average Bonchev–Trinajstić information content (AvgIpc) is 2.27. The lowest BCUT2D eigenvalue weighted by molar-refractivity contribution is -0.140. The van der Waals surface area contributed by atoms with E-state index in [1.54, 1.807) is 0 Å². The Morgan fingerprint density at radius 2 is 1.84 bits per heavy atom. The van der Waals surface area contributed by atoms with Crippen LogP contribution in [0.25, 0.3) is 0 Å². The average molecular weight is 319 g/mol. The van der Waals surface area contributed by atoms with E-state index in [0.29, 0.717) is 12.1 Å². The van der Waals surface area contributed by atoms with Crippen LogP contribution in [-0.2, 0) is 29.6 Å². The van der Waals surface area contributed by atoms with Crippen LogP contribution < -0.4 is 0 Å². The summed E-state index contributed by atoms with van der Waals surface area (Å²) in [6.45, 7) is -1.17. The summed E-state index contributed by atoms with van der Waals surface area (Å²) in [7, 11) is -7.87. The van der Waals surface area contributed by atoms with E-state index >= 15 is 0 Å². The highest BCUT2D eigenvalue weighted by Crippen LogP contribution is 2.34. The van der Waals surface area contributed by atoms with Gasteiger partial charge in [-0.25, -0.2) is 4.18 Å². The molecule has 19 heavy (non-hydrogen) atoms. The molecule has 1 N–H and O–H groups in total. The maximum absolute atomic E-state index is 12.6. The van der Waals surface area contributed by atoms with Gasteiger partial charge < -0.3 is 0 Å². The van der Waals surface area contributed by atoms with Gasteiger partial charge in [0.15, 0.2) is 0 Å². The second-order valence-corrected chi connectivity index (χ2v) is 5.37. The van der Waals surface area contributed by atoms with Crippen molar-refractivity contribution in [3.05, 3.63) is 29.8 Å². The van der Waals surface area contributed by atoms with Gasteiger partial charge in [0.2, 0.25) is 6.79 Å². The van der Waals surface area contributed by atoms with Gasteiger partial charge in [0.1, 0.15) is 4.90 Å². The SMILES string of the molecule is O=[P+](O)OCOS(=O)(=O)c1ccccc1C(F)(F)F. The van der Waals surface area contributed by atoms with Crippen LogP contribution in [0.3, 0.4) is 0 Å². The molecule has 1 aromatic rings. The maximum atomic E-state index is 12.6. The van der Waals surface area contributed by atoms with Gasteiger partial charge in [0.05, 0.1) is 5.56 Å². The third kappa shape index (κ3) is 4.51. The summed E-state index contributed by atoms with van der Waals surface area (Å²) >= 11 is 0. The Bertz CT molecular complexity index is 570. The second kappa shape index (κ2) is 5.93. The van der Waals surface area contributed by atoms with Crippen LogP contribution in [0.5, 0.6) is 0 Å². The van der Waals surface area contributed by atoms with Crippen LogP contribution in [0.2, 0.25) is 0 Å².